The summed E-state index contributed by atoms with van der Waals surface area (Å²) < 4.78 is 20.6. The molecule has 10 nitrogen and oxygen atoms in total. The van der Waals surface area contributed by atoms with Crippen LogP contribution in [0.3, 0.4) is 0 Å². The van der Waals surface area contributed by atoms with E-state index in [1.54, 1.807) is 39.8 Å². The van der Waals surface area contributed by atoms with Gasteiger partial charge in [-0.2, -0.15) is 0 Å². The van der Waals surface area contributed by atoms with Crippen LogP contribution >= 0.6 is 23.0 Å². The molecule has 0 heterocycles. The van der Waals surface area contributed by atoms with Gasteiger partial charge < -0.3 is 22.6 Å². The lowest BCUT2D eigenvalue weighted by Gasteiger charge is -2.25. The molecule has 0 atom stereocenters. The number of unbranched alkanes of at least 4 members (excludes halogenated alkanes) is 2. The lowest BCUT2D eigenvalue weighted by atomic mass is 9.98. The van der Waals surface area contributed by atoms with Crippen molar-refractivity contribution in [3.05, 3.63) is 49.1 Å². The molecule has 0 saturated carbocycles. The molecular formula is C28H35IN2O8. The molecular weight excluding hydrogens is 619 g/mol. The maximum absolute atomic E-state index is 12.9. The van der Waals surface area contributed by atoms with Gasteiger partial charge in [0, 0.05) is 30.5 Å². The van der Waals surface area contributed by atoms with Crippen LogP contribution in [0.5, 0.6) is 0 Å². The highest BCUT2D eigenvalue weighted by Crippen LogP contribution is 2.24. The Balaban J connectivity index is 1.75. The van der Waals surface area contributed by atoms with E-state index in [4.69, 9.17) is 14.2 Å². The highest BCUT2D eigenvalue weighted by molar-refractivity contribution is 14.1. The Morgan fingerprint density at radius 1 is 0.872 bits per heavy atom. The summed E-state index contributed by atoms with van der Waals surface area (Å²) in [6, 6.07) is 10.9. The molecule has 11 heteroatoms. The van der Waals surface area contributed by atoms with Gasteiger partial charge in [-0.1, -0.05) is 25.1 Å². The summed E-state index contributed by atoms with van der Waals surface area (Å²) >= 11 is 1.51. The normalized spacial score (nSPS) is 11.5. The second-order valence-electron chi connectivity index (χ2n) is 9.75. The number of fused-ring (bicyclic) bond motifs is 1. The Hall–Kier alpha value is -3.03. The van der Waals surface area contributed by atoms with Gasteiger partial charge in [0.1, 0.15) is 11.2 Å². The van der Waals surface area contributed by atoms with Crippen LogP contribution in [0, 0.1) is 0 Å². The first-order valence-electron chi connectivity index (χ1n) is 12.4. The van der Waals surface area contributed by atoms with Gasteiger partial charge in [-0.15, -0.1) is 0 Å². The number of benzene rings is 2. The Morgan fingerprint density at radius 3 is 2.08 bits per heavy atom. The first-order chi connectivity index (χ1) is 18.4. The fraction of sp³-hybridized carbons (Fsp3) is 0.429. The van der Waals surface area contributed by atoms with E-state index < -0.39 is 23.3 Å². The summed E-state index contributed by atoms with van der Waals surface area (Å²) in [6.45, 7) is 10.0. The number of ketones is 1. The molecule has 39 heavy (non-hydrogen) atoms. The lowest BCUT2D eigenvalue weighted by Crippen LogP contribution is -2.40. The first-order valence-corrected chi connectivity index (χ1v) is 13.3. The topological polar surface area (TPSA) is 129 Å². The van der Waals surface area contributed by atoms with Gasteiger partial charge in [-0.25, -0.2) is 9.59 Å². The van der Waals surface area contributed by atoms with Crippen LogP contribution in [0.4, 0.5) is 16.2 Å². The number of nitrogens with one attached hydrogen (secondary N) is 2. The van der Waals surface area contributed by atoms with Crippen LogP contribution < -0.4 is 10.6 Å². The summed E-state index contributed by atoms with van der Waals surface area (Å²) in [5.74, 6) is -0.989. The number of carbonyl (C=O) groups excluding carboxylic acids is 4. The predicted octanol–water partition coefficient (Wildman–Crippen LogP) is 6.08. The minimum absolute atomic E-state index is 0.0937. The highest BCUT2D eigenvalue weighted by atomic mass is 127. The first kappa shape index (κ1) is 32.2. The Labute approximate surface area is 242 Å². The van der Waals surface area contributed by atoms with E-state index in [0.717, 1.165) is 23.3 Å². The number of halogens is 1. The molecule has 212 valence electrons. The van der Waals surface area contributed by atoms with Gasteiger partial charge in [-0.3, -0.25) is 14.9 Å². The molecule has 0 fully saturated rings. The molecule has 0 bridgehead atoms. The van der Waals surface area contributed by atoms with Gasteiger partial charge in [0.25, 0.3) is 5.91 Å². The number of hydrogen-bond acceptors (Lipinski definition) is 8. The summed E-state index contributed by atoms with van der Waals surface area (Å²) in [6.07, 6.45) is 2.84. The van der Waals surface area contributed by atoms with Gasteiger partial charge in [-0.05, 0) is 75.6 Å². The molecule has 0 unspecified atom stereocenters. The van der Waals surface area contributed by atoms with Gasteiger partial charge >= 0.3 is 12.1 Å². The molecule has 2 aromatic carbocycles. The third-order valence-corrected chi connectivity index (χ3v) is 6.33. The highest BCUT2D eigenvalue weighted by Gasteiger charge is 2.29. The predicted molar refractivity (Wildman–Crippen MR) is 157 cm³/mol. The molecule has 0 aliphatic heterocycles. The Morgan fingerprint density at radius 2 is 1.49 bits per heavy atom. The van der Waals surface area contributed by atoms with E-state index in [9.17, 15) is 19.2 Å². The van der Waals surface area contributed by atoms with Crippen molar-refractivity contribution in [3.63, 3.8) is 0 Å². The van der Waals surface area contributed by atoms with E-state index in [1.165, 1.54) is 23.0 Å². The van der Waals surface area contributed by atoms with E-state index in [-0.39, 0.29) is 18.5 Å². The molecule has 2 amide bonds. The van der Waals surface area contributed by atoms with Crippen LogP contribution in [0.25, 0.3) is 10.8 Å². The zero-order chi connectivity index (χ0) is 29.1. The maximum atomic E-state index is 12.9. The van der Waals surface area contributed by atoms with Crippen molar-refractivity contribution < 1.29 is 36.5 Å². The van der Waals surface area contributed by atoms with Crippen molar-refractivity contribution in [2.75, 3.05) is 24.0 Å². The van der Waals surface area contributed by atoms with Crippen molar-refractivity contribution in [3.8, 4) is 0 Å². The zero-order valence-electron chi connectivity index (χ0n) is 22.6. The van der Waals surface area contributed by atoms with Crippen molar-refractivity contribution >= 4 is 68.9 Å². The Bertz CT molecular complexity index is 1200. The molecule has 2 rings (SSSR count). The van der Waals surface area contributed by atoms with Crippen LogP contribution in [0.15, 0.2) is 49.1 Å². The number of rotatable bonds is 15. The minimum Gasteiger partial charge on any atom is -0.435 e. The number of anilines is 2. The van der Waals surface area contributed by atoms with Crippen molar-refractivity contribution in [1.29, 1.82) is 0 Å². The van der Waals surface area contributed by atoms with Crippen LogP contribution in [0.2, 0.25) is 0 Å². The standard InChI is InChI=1S/C28H35IN2O8/c1-6-24(33)36-18-38-27(2,3)23(32)10-8-7-9-15-37-28(4,5)25(34)30-21-13-11-20-17-22(31-26(35)39-29)14-12-19(20)16-21/h6,11-14,16-17H,1,7-10,15,18H2,2-5H3,(H,30,34)(H,31,35). The summed E-state index contributed by atoms with van der Waals surface area (Å²) in [5, 5.41) is 7.28. The van der Waals surface area contributed by atoms with E-state index in [0.29, 0.717) is 37.2 Å². The summed E-state index contributed by atoms with van der Waals surface area (Å²) in [4.78, 5) is 47.8. The minimum atomic E-state index is -1.07. The molecule has 0 spiro atoms. The average Bonchev–Trinajstić information content (AvgIpc) is 2.90. The second kappa shape index (κ2) is 14.9. The fourth-order valence-corrected chi connectivity index (χ4v) is 3.56. The van der Waals surface area contributed by atoms with Gasteiger partial charge in [0.15, 0.2) is 35.6 Å². The molecule has 0 aliphatic carbocycles. The van der Waals surface area contributed by atoms with Crippen molar-refractivity contribution in [1.82, 2.24) is 0 Å². The zero-order valence-corrected chi connectivity index (χ0v) is 24.8. The second-order valence-corrected chi connectivity index (χ2v) is 10.2. The van der Waals surface area contributed by atoms with Crippen molar-refractivity contribution in [2.45, 2.75) is 64.6 Å². The van der Waals surface area contributed by atoms with Crippen molar-refractivity contribution in [2.24, 2.45) is 0 Å². The third kappa shape index (κ3) is 10.6. The SMILES string of the molecule is C=CC(=O)OCOC(C)(C)C(=O)CCCCCOC(C)(C)C(=O)Nc1ccc2cc(NC(=O)OI)ccc2c1. The largest absolute Gasteiger partial charge is 0.435 e. The third-order valence-electron chi connectivity index (χ3n) is 5.93. The number of Topliss-reactive ketones (excluding diaryl/α,β-unsaturated/α-hetero) is 1. The summed E-state index contributed by atoms with van der Waals surface area (Å²) in [7, 11) is 0. The van der Waals surface area contributed by atoms with E-state index in [2.05, 4.69) is 20.3 Å². The van der Waals surface area contributed by atoms with E-state index in [1.807, 2.05) is 24.3 Å². The fourth-order valence-electron chi connectivity index (χ4n) is 3.45. The monoisotopic (exact) mass is 654 g/mol. The molecule has 0 aliphatic rings. The van der Waals surface area contributed by atoms with E-state index >= 15 is 0 Å². The number of esters is 1. The molecule has 2 N–H and O–H groups in total. The molecule has 2 aromatic rings. The van der Waals surface area contributed by atoms with Gasteiger partial charge in [0.2, 0.25) is 0 Å². The molecule has 0 radical (unpaired) electrons. The molecule has 0 aromatic heterocycles. The number of ether oxygens (including phenoxy) is 3. The smallest absolute Gasteiger partial charge is 0.421 e. The number of hydrogen-bond donors (Lipinski definition) is 2. The average molecular weight is 654 g/mol. The van der Waals surface area contributed by atoms with Crippen LogP contribution in [0.1, 0.15) is 53.4 Å². The number of carbonyl (C=O) groups is 4. The van der Waals surface area contributed by atoms with Crippen LogP contribution in [-0.2, 0) is 31.7 Å². The quantitative estimate of drug-likeness (QED) is 0.0777. The maximum Gasteiger partial charge on any atom is 0.421 e. The number of amides is 2. The summed E-state index contributed by atoms with van der Waals surface area (Å²) in [5.41, 5.74) is -0.901. The van der Waals surface area contributed by atoms with Gasteiger partial charge in [0.05, 0.1) is 0 Å². The van der Waals surface area contributed by atoms with Crippen LogP contribution in [-0.4, -0.2) is 48.4 Å². The Kier molecular flexibility index (Phi) is 12.3. The lowest BCUT2D eigenvalue weighted by molar-refractivity contribution is -0.171. The molecule has 0 saturated heterocycles.